The van der Waals surface area contributed by atoms with E-state index < -0.39 is 10.0 Å². The highest BCUT2D eigenvalue weighted by Gasteiger charge is 2.17. The Kier molecular flexibility index (Phi) is 3.98. The molecule has 0 unspecified atom stereocenters. The third-order valence-corrected chi connectivity index (χ3v) is 4.03. The maximum Gasteiger partial charge on any atom is 0.243 e. The third kappa shape index (κ3) is 3.40. The van der Waals surface area contributed by atoms with E-state index in [1.807, 2.05) is 0 Å². The molecule has 3 N–H and O–H groups in total. The molecule has 2 rings (SSSR count). The first-order valence-electron chi connectivity index (χ1n) is 5.30. The van der Waals surface area contributed by atoms with E-state index in [0.717, 1.165) is 0 Å². The molecule has 0 saturated carbocycles. The number of benzene rings is 1. The molecule has 0 fully saturated rings. The van der Waals surface area contributed by atoms with E-state index in [1.165, 1.54) is 24.4 Å². The second-order valence-electron chi connectivity index (χ2n) is 3.72. The van der Waals surface area contributed by atoms with Crippen molar-refractivity contribution in [2.24, 2.45) is 0 Å². The van der Waals surface area contributed by atoms with Crippen LogP contribution in [0.1, 0.15) is 5.69 Å². The summed E-state index contributed by atoms with van der Waals surface area (Å²) in [4.78, 5) is -0.0520. The molecule has 1 aromatic heterocycles. The highest BCUT2D eigenvalue weighted by atomic mass is 35.5. The molecule has 2 aromatic rings. The lowest BCUT2D eigenvalue weighted by Gasteiger charge is -2.08. The van der Waals surface area contributed by atoms with E-state index in [2.05, 4.69) is 14.9 Å². The number of sulfonamides is 1. The van der Waals surface area contributed by atoms with E-state index in [9.17, 15) is 8.42 Å². The predicted octanol–water partition coefficient (Wildman–Crippen LogP) is 1.19. The Balaban J connectivity index is 2.21. The fourth-order valence-electron chi connectivity index (χ4n) is 1.42. The minimum absolute atomic E-state index is 0.0299. The summed E-state index contributed by atoms with van der Waals surface area (Å²) in [5.41, 5.74) is 6.28. The van der Waals surface area contributed by atoms with Crippen molar-refractivity contribution in [3.63, 3.8) is 0 Å². The van der Waals surface area contributed by atoms with Crippen molar-refractivity contribution in [1.82, 2.24) is 14.9 Å². The number of nitrogens with one attached hydrogen (secondary N) is 1. The molecule has 1 heterocycles. The lowest BCUT2D eigenvalue weighted by molar-refractivity contribution is 0.580. The van der Waals surface area contributed by atoms with E-state index >= 15 is 0 Å². The predicted molar refractivity (Wildman–Crippen MR) is 71.9 cm³/mol. The van der Waals surface area contributed by atoms with Crippen LogP contribution in [-0.2, 0) is 16.6 Å². The summed E-state index contributed by atoms with van der Waals surface area (Å²) in [6.45, 7) is 0.0299. The van der Waals surface area contributed by atoms with Gasteiger partial charge >= 0.3 is 0 Å². The minimum atomic E-state index is -3.74. The average molecular weight is 299 g/mol. The summed E-state index contributed by atoms with van der Waals surface area (Å²) < 4.78 is 26.6. The molecule has 0 aliphatic rings. The number of nitrogens with zero attached hydrogens (tertiary/aromatic N) is 2. The molecule has 19 heavy (non-hydrogen) atoms. The number of hydrogen-bond acceptors (Lipinski definition) is 5. The molecule has 0 bridgehead atoms. The summed E-state index contributed by atoms with van der Waals surface area (Å²) >= 11 is 5.77. The molecule has 1 aromatic carbocycles. The minimum Gasteiger partial charge on any atom is -0.398 e. The highest BCUT2D eigenvalue weighted by molar-refractivity contribution is 7.89. The van der Waals surface area contributed by atoms with Gasteiger partial charge in [-0.15, -0.1) is 0 Å². The zero-order chi connectivity index (χ0) is 13.9. The van der Waals surface area contributed by atoms with Crippen LogP contribution in [0.3, 0.4) is 0 Å². The van der Waals surface area contributed by atoms with Crippen molar-refractivity contribution in [3.8, 4) is 0 Å². The Morgan fingerprint density at radius 2 is 2.11 bits per heavy atom. The van der Waals surface area contributed by atoms with Crippen molar-refractivity contribution in [1.29, 1.82) is 0 Å². The second-order valence-corrected chi connectivity index (χ2v) is 5.89. The van der Waals surface area contributed by atoms with Gasteiger partial charge in [-0.2, -0.15) is 10.2 Å². The second kappa shape index (κ2) is 5.52. The average Bonchev–Trinajstić information content (AvgIpc) is 2.40. The molecular formula is C11H11ClN4O2S. The normalized spacial score (nSPS) is 11.4. The fraction of sp³-hybridized carbons (Fsp3) is 0.0909. The smallest absolute Gasteiger partial charge is 0.243 e. The van der Waals surface area contributed by atoms with Gasteiger partial charge < -0.3 is 5.73 Å². The van der Waals surface area contributed by atoms with Crippen LogP contribution in [0.4, 0.5) is 5.69 Å². The quantitative estimate of drug-likeness (QED) is 0.826. The summed E-state index contributed by atoms with van der Waals surface area (Å²) in [6.07, 6.45) is 1.51. The molecule has 0 saturated heterocycles. The topological polar surface area (TPSA) is 98.0 Å². The molecule has 0 atom stereocenters. The molecule has 0 aliphatic heterocycles. The monoisotopic (exact) mass is 298 g/mol. The van der Waals surface area contributed by atoms with Gasteiger partial charge in [0.2, 0.25) is 10.0 Å². The van der Waals surface area contributed by atoms with Gasteiger partial charge in [-0.05, 0) is 30.3 Å². The van der Waals surface area contributed by atoms with E-state index in [0.29, 0.717) is 10.7 Å². The first kappa shape index (κ1) is 13.7. The first-order valence-corrected chi connectivity index (χ1v) is 7.16. The van der Waals surface area contributed by atoms with Crippen molar-refractivity contribution in [2.75, 3.05) is 5.73 Å². The lowest BCUT2D eigenvalue weighted by atomic mass is 10.3. The van der Waals surface area contributed by atoms with Crippen LogP contribution in [0, 0.1) is 0 Å². The fourth-order valence-corrected chi connectivity index (χ4v) is 2.81. The van der Waals surface area contributed by atoms with Gasteiger partial charge in [0.1, 0.15) is 4.90 Å². The highest BCUT2D eigenvalue weighted by Crippen LogP contribution is 2.22. The van der Waals surface area contributed by atoms with Gasteiger partial charge in [0, 0.05) is 11.2 Å². The van der Waals surface area contributed by atoms with Gasteiger partial charge in [-0.25, -0.2) is 13.1 Å². The standard InChI is InChI=1S/C11H11ClN4O2S/c12-8-3-4-10(13)11(6-8)19(17,18)15-7-9-2-1-5-14-16-9/h1-6,15H,7,13H2. The van der Waals surface area contributed by atoms with Crippen LogP contribution in [0.15, 0.2) is 41.4 Å². The van der Waals surface area contributed by atoms with Gasteiger partial charge in [0.05, 0.1) is 17.9 Å². The van der Waals surface area contributed by atoms with Crippen LogP contribution in [-0.4, -0.2) is 18.6 Å². The Bertz CT molecular complexity index is 676. The molecule has 0 spiro atoms. The SMILES string of the molecule is Nc1ccc(Cl)cc1S(=O)(=O)NCc1cccnn1. The number of anilines is 1. The number of nitrogens with two attached hydrogens (primary N) is 1. The van der Waals surface area contributed by atoms with Gasteiger partial charge in [-0.1, -0.05) is 11.6 Å². The maximum absolute atomic E-state index is 12.1. The zero-order valence-electron chi connectivity index (χ0n) is 9.75. The summed E-state index contributed by atoms with van der Waals surface area (Å²) in [5.74, 6) is 0. The maximum atomic E-state index is 12.1. The largest absolute Gasteiger partial charge is 0.398 e. The van der Waals surface area contributed by atoms with Crippen LogP contribution in [0.25, 0.3) is 0 Å². The Morgan fingerprint density at radius 1 is 1.32 bits per heavy atom. The van der Waals surface area contributed by atoms with Gasteiger partial charge in [-0.3, -0.25) is 0 Å². The van der Waals surface area contributed by atoms with E-state index in [1.54, 1.807) is 12.1 Å². The number of hydrogen-bond donors (Lipinski definition) is 2. The van der Waals surface area contributed by atoms with Crippen LogP contribution in [0.2, 0.25) is 5.02 Å². The molecule has 100 valence electrons. The Labute approximate surface area is 115 Å². The zero-order valence-corrected chi connectivity index (χ0v) is 11.3. The Hall–Kier alpha value is -1.70. The van der Waals surface area contributed by atoms with Crippen molar-refractivity contribution < 1.29 is 8.42 Å². The van der Waals surface area contributed by atoms with Crippen LogP contribution in [0.5, 0.6) is 0 Å². The molecule has 8 heteroatoms. The number of rotatable bonds is 4. The van der Waals surface area contributed by atoms with Crippen molar-refractivity contribution in [2.45, 2.75) is 11.4 Å². The van der Waals surface area contributed by atoms with Crippen molar-refractivity contribution >= 4 is 27.3 Å². The summed E-state index contributed by atoms with van der Waals surface area (Å²) in [7, 11) is -3.74. The molecule has 0 amide bonds. The van der Waals surface area contributed by atoms with Gasteiger partial charge in [0.15, 0.2) is 0 Å². The van der Waals surface area contributed by atoms with E-state index in [4.69, 9.17) is 17.3 Å². The van der Waals surface area contributed by atoms with Gasteiger partial charge in [0.25, 0.3) is 0 Å². The lowest BCUT2D eigenvalue weighted by Crippen LogP contribution is -2.24. The first-order chi connectivity index (χ1) is 8.99. The van der Waals surface area contributed by atoms with E-state index in [-0.39, 0.29) is 17.1 Å². The number of halogens is 1. The summed E-state index contributed by atoms with van der Waals surface area (Å²) in [5, 5.41) is 7.74. The third-order valence-electron chi connectivity index (χ3n) is 2.34. The molecule has 0 aliphatic carbocycles. The number of aromatic nitrogens is 2. The Morgan fingerprint density at radius 3 is 2.79 bits per heavy atom. The molecule has 6 nitrogen and oxygen atoms in total. The molecular weight excluding hydrogens is 288 g/mol. The van der Waals surface area contributed by atoms with Crippen molar-refractivity contribution in [3.05, 3.63) is 47.2 Å². The number of nitrogen functional groups attached to an aromatic ring is 1. The van der Waals surface area contributed by atoms with Crippen LogP contribution >= 0.6 is 11.6 Å². The summed E-state index contributed by atoms with van der Waals surface area (Å²) in [6, 6.07) is 7.61. The molecule has 0 radical (unpaired) electrons. The van der Waals surface area contributed by atoms with Crippen LogP contribution < -0.4 is 10.5 Å².